The molecule has 0 aliphatic carbocycles. The van der Waals surface area contributed by atoms with E-state index in [4.69, 9.17) is 0 Å². The summed E-state index contributed by atoms with van der Waals surface area (Å²) in [6, 6.07) is 2.80. The van der Waals surface area contributed by atoms with Gasteiger partial charge in [-0.25, -0.2) is 22.0 Å². The Hall–Kier alpha value is -2.04. The molecule has 0 bridgehead atoms. The van der Waals surface area contributed by atoms with Crippen LogP contribution in [0.3, 0.4) is 0 Å². The summed E-state index contributed by atoms with van der Waals surface area (Å²) in [4.78, 5) is 14.5. The number of carbonyl (C=O) groups is 1. The minimum atomic E-state index is -2.66. The molecule has 1 aromatic carbocycles. The summed E-state index contributed by atoms with van der Waals surface area (Å²) in [5, 5.41) is 13.7. The van der Waals surface area contributed by atoms with Crippen LogP contribution in [-0.2, 0) is 4.79 Å². The molecular formula is C17H15F5N2O2S. The van der Waals surface area contributed by atoms with E-state index >= 15 is 0 Å². The van der Waals surface area contributed by atoms with Crippen molar-refractivity contribution in [3.05, 3.63) is 51.5 Å². The Morgan fingerprint density at radius 1 is 1.30 bits per heavy atom. The van der Waals surface area contributed by atoms with Crippen molar-refractivity contribution in [1.82, 2.24) is 4.90 Å². The van der Waals surface area contributed by atoms with Crippen molar-refractivity contribution in [3.63, 3.8) is 0 Å². The number of alkyl halides is 2. The van der Waals surface area contributed by atoms with Crippen LogP contribution in [0.15, 0.2) is 23.6 Å². The number of aliphatic hydroxyl groups excluding tert-OH is 1. The van der Waals surface area contributed by atoms with Crippen LogP contribution in [-0.4, -0.2) is 35.7 Å². The summed E-state index contributed by atoms with van der Waals surface area (Å²) in [5.41, 5.74) is -0.760. The fourth-order valence-electron chi connectivity index (χ4n) is 3.11. The Balaban J connectivity index is 1.87. The lowest BCUT2D eigenvalue weighted by molar-refractivity contribution is -0.124. The topological polar surface area (TPSA) is 52.6 Å². The minimum absolute atomic E-state index is 0.190. The predicted octanol–water partition coefficient (Wildman–Crippen LogP) is 3.71. The molecule has 1 amide bonds. The molecule has 4 nitrogen and oxygen atoms in total. The van der Waals surface area contributed by atoms with Gasteiger partial charge in [-0.15, -0.1) is 11.3 Å². The fourth-order valence-corrected chi connectivity index (χ4v) is 4.16. The van der Waals surface area contributed by atoms with E-state index in [2.05, 4.69) is 5.32 Å². The van der Waals surface area contributed by atoms with E-state index in [0.717, 1.165) is 17.4 Å². The van der Waals surface area contributed by atoms with Crippen LogP contribution in [0.5, 0.6) is 0 Å². The van der Waals surface area contributed by atoms with Gasteiger partial charge in [-0.2, -0.15) is 0 Å². The van der Waals surface area contributed by atoms with Crippen LogP contribution in [0.2, 0.25) is 0 Å². The predicted molar refractivity (Wildman–Crippen MR) is 89.1 cm³/mol. The second-order valence-corrected chi connectivity index (χ2v) is 7.22. The zero-order valence-electron chi connectivity index (χ0n) is 13.9. The first kappa shape index (κ1) is 19.7. The number of amides is 1. The number of nitrogens with one attached hydrogen (secondary N) is 1. The third kappa shape index (κ3) is 3.69. The lowest BCUT2D eigenvalue weighted by Crippen LogP contribution is -2.36. The van der Waals surface area contributed by atoms with E-state index in [1.165, 1.54) is 16.3 Å². The largest absolute Gasteiger partial charge is 0.378 e. The molecule has 146 valence electrons. The molecule has 1 unspecified atom stereocenters. The number of hydrogen-bond donors (Lipinski definition) is 2. The monoisotopic (exact) mass is 406 g/mol. The number of aliphatic hydroxyl groups is 1. The SMILES string of the molecule is CN1C[C@H](c2cc(C(F)F)cs2)[C@@H](C(=O)Nc2ccc(F)c(F)c2F)C1O. The Labute approximate surface area is 155 Å². The number of anilines is 1. The molecule has 2 aromatic rings. The summed E-state index contributed by atoms with van der Waals surface area (Å²) in [6.07, 6.45) is -3.91. The van der Waals surface area contributed by atoms with Crippen LogP contribution >= 0.6 is 11.3 Å². The van der Waals surface area contributed by atoms with Crippen molar-refractivity contribution < 1.29 is 31.9 Å². The quantitative estimate of drug-likeness (QED) is 0.601. The van der Waals surface area contributed by atoms with Crippen LogP contribution in [0.25, 0.3) is 0 Å². The highest BCUT2D eigenvalue weighted by molar-refractivity contribution is 7.10. The molecule has 0 radical (unpaired) electrons. The van der Waals surface area contributed by atoms with Crippen molar-refractivity contribution in [2.24, 2.45) is 5.92 Å². The van der Waals surface area contributed by atoms with Crippen LogP contribution < -0.4 is 5.32 Å². The maximum atomic E-state index is 13.8. The summed E-state index contributed by atoms with van der Waals surface area (Å²) in [5.74, 6) is -7.23. The van der Waals surface area contributed by atoms with Gasteiger partial charge in [0.25, 0.3) is 6.43 Å². The molecule has 1 aliphatic rings. The molecule has 10 heteroatoms. The number of thiophene rings is 1. The van der Waals surface area contributed by atoms with E-state index in [9.17, 15) is 31.9 Å². The number of nitrogens with zero attached hydrogens (tertiary/aromatic N) is 1. The maximum absolute atomic E-state index is 13.8. The maximum Gasteiger partial charge on any atom is 0.264 e. The lowest BCUT2D eigenvalue weighted by atomic mass is 9.92. The van der Waals surface area contributed by atoms with E-state index in [-0.39, 0.29) is 12.1 Å². The molecule has 3 rings (SSSR count). The molecule has 1 aromatic heterocycles. The van der Waals surface area contributed by atoms with Gasteiger partial charge >= 0.3 is 0 Å². The number of likely N-dealkylation sites (N-methyl/N-ethyl adjacent to an activating group) is 1. The summed E-state index contributed by atoms with van der Waals surface area (Å²) < 4.78 is 65.9. The Kier molecular flexibility index (Phi) is 5.50. The Morgan fingerprint density at radius 2 is 2.00 bits per heavy atom. The highest BCUT2D eigenvalue weighted by atomic mass is 32.1. The molecule has 1 fully saturated rings. The lowest BCUT2D eigenvalue weighted by Gasteiger charge is -2.21. The number of likely N-dealkylation sites (tertiary alicyclic amines) is 1. The molecule has 27 heavy (non-hydrogen) atoms. The minimum Gasteiger partial charge on any atom is -0.378 e. The third-order valence-electron chi connectivity index (χ3n) is 4.54. The van der Waals surface area contributed by atoms with Crippen LogP contribution in [0, 0.1) is 23.4 Å². The van der Waals surface area contributed by atoms with Gasteiger partial charge in [-0.1, -0.05) is 0 Å². The van der Waals surface area contributed by atoms with Gasteiger partial charge in [0.05, 0.1) is 11.6 Å². The Morgan fingerprint density at radius 3 is 2.63 bits per heavy atom. The number of benzene rings is 1. The molecule has 0 saturated carbocycles. The second kappa shape index (κ2) is 7.53. The van der Waals surface area contributed by atoms with Gasteiger partial charge in [0.2, 0.25) is 5.91 Å². The van der Waals surface area contributed by atoms with E-state index in [1.807, 2.05) is 0 Å². The summed E-state index contributed by atoms with van der Waals surface area (Å²) >= 11 is 1.03. The first-order chi connectivity index (χ1) is 12.7. The van der Waals surface area contributed by atoms with Gasteiger partial charge in [0.15, 0.2) is 17.5 Å². The number of halogens is 5. The fraction of sp³-hybridized carbons (Fsp3) is 0.353. The van der Waals surface area contributed by atoms with Crippen LogP contribution in [0.1, 0.15) is 22.8 Å². The molecular weight excluding hydrogens is 391 g/mol. The summed E-state index contributed by atoms with van der Waals surface area (Å²) in [7, 11) is 1.55. The van der Waals surface area contributed by atoms with Crippen molar-refractivity contribution in [2.75, 3.05) is 18.9 Å². The van der Waals surface area contributed by atoms with Gasteiger partial charge in [-0.3, -0.25) is 9.69 Å². The highest BCUT2D eigenvalue weighted by Gasteiger charge is 2.45. The standard InChI is InChI=1S/C17H15F5N2O2S/c1-24-5-8(11-4-7(6-27-11)15(21)22)12(17(24)26)16(25)23-10-3-2-9(18)13(19)14(10)20/h2-4,6,8,12,15,17,26H,5H2,1H3,(H,23,25)/t8-,12+,17?/m1/s1. The summed E-state index contributed by atoms with van der Waals surface area (Å²) in [6.45, 7) is 0.211. The molecule has 1 aliphatic heterocycles. The van der Waals surface area contributed by atoms with Crippen molar-refractivity contribution >= 4 is 22.9 Å². The van der Waals surface area contributed by atoms with Crippen molar-refractivity contribution in [1.29, 1.82) is 0 Å². The average Bonchev–Trinajstić information content (AvgIpc) is 3.21. The van der Waals surface area contributed by atoms with Gasteiger partial charge in [0.1, 0.15) is 6.23 Å². The van der Waals surface area contributed by atoms with Crippen LogP contribution in [0.4, 0.5) is 27.6 Å². The second-order valence-electron chi connectivity index (χ2n) is 6.28. The van der Waals surface area contributed by atoms with Gasteiger partial charge < -0.3 is 10.4 Å². The normalized spacial score (nSPS) is 23.2. The molecule has 1 saturated heterocycles. The Bertz CT molecular complexity index is 860. The zero-order valence-corrected chi connectivity index (χ0v) is 14.7. The number of rotatable bonds is 4. The van der Waals surface area contributed by atoms with Crippen molar-refractivity contribution in [2.45, 2.75) is 18.6 Å². The van der Waals surface area contributed by atoms with Gasteiger partial charge in [-0.05, 0) is 30.6 Å². The first-order valence-electron chi connectivity index (χ1n) is 7.89. The molecule has 2 heterocycles. The van der Waals surface area contributed by atoms with E-state index in [0.29, 0.717) is 10.9 Å². The smallest absolute Gasteiger partial charge is 0.264 e. The zero-order chi connectivity index (χ0) is 19.9. The van der Waals surface area contributed by atoms with Crippen molar-refractivity contribution in [3.8, 4) is 0 Å². The molecule has 3 atom stereocenters. The van der Waals surface area contributed by atoms with E-state index < -0.39 is 53.5 Å². The molecule has 0 spiro atoms. The van der Waals surface area contributed by atoms with Gasteiger partial charge in [0, 0.05) is 22.9 Å². The number of hydrogen-bond acceptors (Lipinski definition) is 4. The number of carbonyl (C=O) groups excluding carboxylic acids is 1. The average molecular weight is 406 g/mol. The third-order valence-corrected chi connectivity index (χ3v) is 5.63. The first-order valence-corrected chi connectivity index (χ1v) is 8.77. The highest BCUT2D eigenvalue weighted by Crippen LogP contribution is 2.40. The van der Waals surface area contributed by atoms with E-state index in [1.54, 1.807) is 7.05 Å². The molecule has 2 N–H and O–H groups in total.